The molecule has 8 nitrogen and oxygen atoms in total. The maximum Gasteiger partial charge on any atom is 0.261 e. The lowest BCUT2D eigenvalue weighted by Crippen LogP contribution is -2.31. The zero-order chi connectivity index (χ0) is 20.3. The Morgan fingerprint density at radius 1 is 0.964 bits per heavy atom. The number of nitrogens with one attached hydrogen (secondary N) is 2. The number of hydrogen-bond acceptors (Lipinski definition) is 5. The summed E-state index contributed by atoms with van der Waals surface area (Å²) in [6.45, 7) is 0.148. The van der Waals surface area contributed by atoms with E-state index in [1.807, 2.05) is 0 Å². The minimum Gasteiger partial charge on any atom is -0.326 e. The first-order valence-electron chi connectivity index (χ1n) is 8.57. The van der Waals surface area contributed by atoms with Gasteiger partial charge in [0.2, 0.25) is 15.9 Å². The summed E-state index contributed by atoms with van der Waals surface area (Å²) in [6, 6.07) is 12.9. The van der Waals surface area contributed by atoms with Crippen molar-refractivity contribution in [3.05, 3.63) is 59.7 Å². The van der Waals surface area contributed by atoms with Crippen LogP contribution in [0.3, 0.4) is 0 Å². The summed E-state index contributed by atoms with van der Waals surface area (Å²) < 4.78 is 24.9. The summed E-state index contributed by atoms with van der Waals surface area (Å²) in [5, 5.41) is 2.67. The van der Waals surface area contributed by atoms with Crippen molar-refractivity contribution < 1.29 is 22.8 Å². The van der Waals surface area contributed by atoms with Crippen molar-refractivity contribution >= 4 is 39.1 Å². The quantitative estimate of drug-likeness (QED) is 0.690. The Hall–Kier alpha value is -3.20. The summed E-state index contributed by atoms with van der Waals surface area (Å²) in [4.78, 5) is 37.8. The SMILES string of the molecule is CS(=O)(=O)Nc1cccc(NC(=O)CCCN2C(=O)c3ccccc3C2=O)c1. The number of rotatable bonds is 7. The van der Waals surface area contributed by atoms with Crippen LogP contribution >= 0.6 is 0 Å². The zero-order valence-electron chi connectivity index (χ0n) is 15.1. The number of benzene rings is 2. The van der Waals surface area contributed by atoms with E-state index in [2.05, 4.69) is 10.0 Å². The van der Waals surface area contributed by atoms with Crippen LogP contribution in [0.25, 0.3) is 0 Å². The van der Waals surface area contributed by atoms with Crippen LogP contribution in [0.2, 0.25) is 0 Å². The molecule has 0 fully saturated rings. The van der Waals surface area contributed by atoms with E-state index in [-0.39, 0.29) is 30.7 Å². The second-order valence-electron chi connectivity index (χ2n) is 6.41. The lowest BCUT2D eigenvalue weighted by Gasteiger charge is -2.13. The normalized spacial score (nSPS) is 13.4. The molecule has 0 radical (unpaired) electrons. The fourth-order valence-corrected chi connectivity index (χ4v) is 3.49. The Labute approximate surface area is 162 Å². The number of nitrogens with zero attached hydrogens (tertiary/aromatic N) is 1. The van der Waals surface area contributed by atoms with Gasteiger partial charge >= 0.3 is 0 Å². The molecule has 2 aromatic rings. The highest BCUT2D eigenvalue weighted by molar-refractivity contribution is 7.92. The van der Waals surface area contributed by atoms with Gasteiger partial charge in [-0.05, 0) is 36.8 Å². The van der Waals surface area contributed by atoms with Crippen molar-refractivity contribution in [2.75, 3.05) is 22.8 Å². The van der Waals surface area contributed by atoms with Crippen LogP contribution in [-0.4, -0.2) is 43.8 Å². The minimum atomic E-state index is -3.41. The molecular weight excluding hydrogens is 382 g/mol. The van der Waals surface area contributed by atoms with Gasteiger partial charge in [0.1, 0.15) is 0 Å². The minimum absolute atomic E-state index is 0.108. The van der Waals surface area contributed by atoms with Crippen LogP contribution in [0, 0.1) is 0 Å². The number of amides is 3. The molecule has 0 aromatic heterocycles. The van der Waals surface area contributed by atoms with E-state index < -0.39 is 10.0 Å². The van der Waals surface area contributed by atoms with Gasteiger partial charge in [0, 0.05) is 18.7 Å². The van der Waals surface area contributed by atoms with E-state index in [0.717, 1.165) is 11.2 Å². The Bertz CT molecular complexity index is 1010. The number of sulfonamides is 1. The lowest BCUT2D eigenvalue weighted by molar-refractivity contribution is -0.116. The zero-order valence-corrected chi connectivity index (χ0v) is 16.0. The van der Waals surface area contributed by atoms with Crippen LogP contribution in [0.4, 0.5) is 11.4 Å². The van der Waals surface area contributed by atoms with E-state index in [1.54, 1.807) is 42.5 Å². The molecule has 0 spiro atoms. The predicted molar refractivity (Wildman–Crippen MR) is 105 cm³/mol. The average molecular weight is 401 g/mol. The van der Waals surface area contributed by atoms with Crippen LogP contribution in [0.5, 0.6) is 0 Å². The number of imide groups is 1. The molecule has 3 amide bonds. The van der Waals surface area contributed by atoms with E-state index >= 15 is 0 Å². The molecule has 1 aliphatic rings. The molecule has 28 heavy (non-hydrogen) atoms. The third-order valence-corrected chi connectivity index (χ3v) is 4.72. The highest BCUT2D eigenvalue weighted by Gasteiger charge is 2.34. The molecule has 0 bridgehead atoms. The van der Waals surface area contributed by atoms with E-state index in [1.165, 1.54) is 6.07 Å². The standard InChI is InChI=1S/C19H19N3O5S/c1-28(26,27)21-14-7-4-6-13(12-14)20-17(23)10-5-11-22-18(24)15-8-2-3-9-16(15)19(22)25/h2-4,6-9,12,21H,5,10-11H2,1H3,(H,20,23). The highest BCUT2D eigenvalue weighted by Crippen LogP contribution is 2.23. The van der Waals surface area contributed by atoms with Crippen LogP contribution < -0.4 is 10.0 Å². The largest absolute Gasteiger partial charge is 0.326 e. The van der Waals surface area contributed by atoms with Gasteiger partial charge in [0.25, 0.3) is 11.8 Å². The fourth-order valence-electron chi connectivity index (χ4n) is 2.94. The molecular formula is C19H19N3O5S. The maximum atomic E-state index is 12.3. The molecule has 0 saturated heterocycles. The van der Waals surface area contributed by atoms with Gasteiger partial charge in [-0.1, -0.05) is 18.2 Å². The summed E-state index contributed by atoms with van der Waals surface area (Å²) in [5.74, 6) is -0.991. The molecule has 0 saturated carbocycles. The topological polar surface area (TPSA) is 113 Å². The second kappa shape index (κ2) is 7.81. The molecule has 0 atom stereocenters. The van der Waals surface area contributed by atoms with Crippen LogP contribution in [0.15, 0.2) is 48.5 Å². The smallest absolute Gasteiger partial charge is 0.261 e. The molecule has 0 aliphatic carbocycles. The molecule has 146 valence electrons. The van der Waals surface area contributed by atoms with E-state index in [0.29, 0.717) is 28.9 Å². The first-order chi connectivity index (χ1) is 13.2. The van der Waals surface area contributed by atoms with Gasteiger partial charge in [-0.15, -0.1) is 0 Å². The highest BCUT2D eigenvalue weighted by atomic mass is 32.2. The van der Waals surface area contributed by atoms with Crippen molar-refractivity contribution in [1.82, 2.24) is 4.90 Å². The van der Waals surface area contributed by atoms with Crippen molar-refractivity contribution in [2.24, 2.45) is 0 Å². The molecule has 0 unspecified atom stereocenters. The first kappa shape index (κ1) is 19.6. The van der Waals surface area contributed by atoms with E-state index in [9.17, 15) is 22.8 Å². The van der Waals surface area contributed by atoms with Crippen molar-refractivity contribution in [1.29, 1.82) is 0 Å². The maximum absolute atomic E-state index is 12.3. The number of carbonyl (C=O) groups excluding carboxylic acids is 3. The molecule has 1 heterocycles. The molecule has 9 heteroatoms. The van der Waals surface area contributed by atoms with Gasteiger partial charge in [-0.2, -0.15) is 0 Å². The monoisotopic (exact) mass is 401 g/mol. The van der Waals surface area contributed by atoms with Crippen LogP contribution in [0.1, 0.15) is 33.6 Å². The molecule has 1 aliphatic heterocycles. The van der Waals surface area contributed by atoms with Gasteiger partial charge in [-0.25, -0.2) is 8.42 Å². The summed E-state index contributed by atoms with van der Waals surface area (Å²) >= 11 is 0. The van der Waals surface area contributed by atoms with Gasteiger partial charge in [0.05, 0.1) is 23.1 Å². The fraction of sp³-hybridized carbons (Fsp3) is 0.211. The Morgan fingerprint density at radius 3 is 2.18 bits per heavy atom. The van der Waals surface area contributed by atoms with Gasteiger partial charge < -0.3 is 5.32 Å². The first-order valence-corrected chi connectivity index (χ1v) is 10.5. The Kier molecular flexibility index (Phi) is 5.46. The number of fused-ring (bicyclic) bond motifs is 1. The molecule has 2 N–H and O–H groups in total. The van der Waals surface area contributed by atoms with Crippen molar-refractivity contribution in [2.45, 2.75) is 12.8 Å². The Balaban J connectivity index is 1.53. The van der Waals surface area contributed by atoms with Crippen LogP contribution in [-0.2, 0) is 14.8 Å². The van der Waals surface area contributed by atoms with Gasteiger partial charge in [-0.3, -0.25) is 24.0 Å². The summed E-state index contributed by atoms with van der Waals surface area (Å²) in [5.41, 5.74) is 1.55. The summed E-state index contributed by atoms with van der Waals surface area (Å²) in [7, 11) is -3.41. The van der Waals surface area contributed by atoms with Crippen molar-refractivity contribution in [3.63, 3.8) is 0 Å². The van der Waals surface area contributed by atoms with Gasteiger partial charge in [0.15, 0.2) is 0 Å². The third-order valence-electron chi connectivity index (χ3n) is 4.11. The van der Waals surface area contributed by atoms with E-state index in [4.69, 9.17) is 0 Å². The molecule has 3 rings (SSSR count). The average Bonchev–Trinajstić information content (AvgIpc) is 2.86. The lowest BCUT2D eigenvalue weighted by atomic mass is 10.1. The number of carbonyl (C=O) groups is 3. The third kappa shape index (κ3) is 4.55. The summed E-state index contributed by atoms with van der Waals surface area (Å²) in [6.07, 6.45) is 1.47. The molecule has 2 aromatic carbocycles. The Morgan fingerprint density at radius 2 is 1.57 bits per heavy atom. The number of hydrogen-bond donors (Lipinski definition) is 2. The number of anilines is 2. The predicted octanol–water partition coefficient (Wildman–Crippen LogP) is 2.07. The second-order valence-corrected chi connectivity index (χ2v) is 8.16. The van der Waals surface area contributed by atoms with Crippen molar-refractivity contribution in [3.8, 4) is 0 Å².